The maximum Gasteiger partial charge on any atom is 0.257 e. The first-order chi connectivity index (χ1) is 17.8. The zero-order valence-electron chi connectivity index (χ0n) is 19.1. The number of halogens is 7. The number of amides is 3. The summed E-state index contributed by atoms with van der Waals surface area (Å²) in [7, 11) is 0. The Hall–Kier alpha value is -2.26. The zero-order valence-corrected chi connectivity index (χ0v) is 23.7. The van der Waals surface area contributed by atoms with E-state index in [4.69, 9.17) is 69.6 Å². The van der Waals surface area contributed by atoms with Gasteiger partial charge in [0.1, 0.15) is 10.2 Å². The van der Waals surface area contributed by atoms with E-state index in [1.165, 1.54) is 37.3 Å². The van der Waals surface area contributed by atoms with Crippen molar-refractivity contribution in [2.24, 2.45) is 5.92 Å². The second-order valence-electron chi connectivity index (χ2n) is 8.44. The predicted octanol–water partition coefficient (Wildman–Crippen LogP) is 8.18. The van der Waals surface area contributed by atoms with E-state index in [0.29, 0.717) is 5.56 Å². The van der Waals surface area contributed by atoms with Crippen molar-refractivity contribution in [2.45, 2.75) is 17.2 Å². The molecular weight excluding hydrogens is 622 g/mol. The molecule has 1 saturated carbocycles. The first kappa shape index (κ1) is 28.7. The number of hydrogen-bond acceptors (Lipinski definition) is 3. The van der Waals surface area contributed by atoms with Gasteiger partial charge >= 0.3 is 0 Å². The molecule has 0 aromatic heterocycles. The molecule has 3 N–H and O–H groups in total. The Labute approximate surface area is 246 Å². The highest BCUT2D eigenvalue weighted by Crippen LogP contribution is 2.65. The van der Waals surface area contributed by atoms with Crippen LogP contribution in [0.1, 0.15) is 28.8 Å². The average Bonchev–Trinajstić information content (AvgIpc) is 3.41. The minimum atomic E-state index is -1.43. The Kier molecular flexibility index (Phi) is 8.38. The maximum atomic E-state index is 14.4. The van der Waals surface area contributed by atoms with Crippen LogP contribution < -0.4 is 16.0 Å². The number of carbonyl (C=O) groups is 3. The highest BCUT2D eigenvalue weighted by molar-refractivity contribution is 6.54. The first-order valence-electron chi connectivity index (χ1n) is 10.8. The molecule has 1 aliphatic rings. The monoisotopic (exact) mass is 635 g/mol. The molecule has 0 spiro atoms. The van der Waals surface area contributed by atoms with Crippen LogP contribution in [0.3, 0.4) is 0 Å². The summed E-state index contributed by atoms with van der Waals surface area (Å²) >= 11 is 37.2. The highest BCUT2D eigenvalue weighted by atomic mass is 35.5. The van der Waals surface area contributed by atoms with E-state index in [1.54, 1.807) is 12.1 Å². The van der Waals surface area contributed by atoms with E-state index in [1.807, 2.05) is 0 Å². The van der Waals surface area contributed by atoms with Gasteiger partial charge in [0, 0.05) is 24.2 Å². The number of carbonyl (C=O) groups excluding carboxylic acids is 3. The SMILES string of the molecule is CC(=O)Nc1ccc(NC(=O)c2cc(NC(=O)[C@H]3[C@H](c4cc(Cl)c(Cl)c(Cl)c4)C3(Cl)Cl)ccc2Cl)c(F)c1. The fourth-order valence-electron chi connectivity index (χ4n) is 3.91. The van der Waals surface area contributed by atoms with Crippen molar-refractivity contribution in [2.75, 3.05) is 16.0 Å². The van der Waals surface area contributed by atoms with E-state index in [-0.39, 0.29) is 48.6 Å². The zero-order chi connectivity index (χ0) is 27.9. The van der Waals surface area contributed by atoms with E-state index in [9.17, 15) is 18.8 Å². The molecule has 6 nitrogen and oxygen atoms in total. The van der Waals surface area contributed by atoms with Gasteiger partial charge in [0.15, 0.2) is 0 Å². The van der Waals surface area contributed by atoms with Gasteiger partial charge < -0.3 is 16.0 Å². The summed E-state index contributed by atoms with van der Waals surface area (Å²) in [6, 6.07) is 11.1. The molecule has 1 fully saturated rings. The summed E-state index contributed by atoms with van der Waals surface area (Å²) in [4.78, 5) is 37.0. The number of anilines is 3. The fraction of sp³-hybridized carbons (Fsp3) is 0.160. The Morgan fingerprint density at radius 3 is 2.03 bits per heavy atom. The van der Waals surface area contributed by atoms with Crippen LogP contribution in [0.25, 0.3) is 0 Å². The highest BCUT2D eigenvalue weighted by Gasteiger charge is 2.67. The van der Waals surface area contributed by atoms with E-state index < -0.39 is 33.8 Å². The summed E-state index contributed by atoms with van der Waals surface area (Å²) in [6.45, 7) is 1.29. The van der Waals surface area contributed by atoms with Crippen molar-refractivity contribution in [3.05, 3.63) is 85.6 Å². The Bertz CT molecular complexity index is 1460. The second-order valence-corrected chi connectivity index (χ2v) is 11.5. The number of nitrogens with one attached hydrogen (secondary N) is 3. The third kappa shape index (κ3) is 5.98. The van der Waals surface area contributed by atoms with Gasteiger partial charge in [-0.3, -0.25) is 14.4 Å². The average molecular weight is 638 g/mol. The van der Waals surface area contributed by atoms with Crippen LogP contribution in [0, 0.1) is 11.7 Å². The van der Waals surface area contributed by atoms with Crippen LogP contribution in [0.2, 0.25) is 20.1 Å². The largest absolute Gasteiger partial charge is 0.326 e. The van der Waals surface area contributed by atoms with Gasteiger partial charge in [-0.1, -0.05) is 46.4 Å². The van der Waals surface area contributed by atoms with Gasteiger partial charge in [-0.05, 0) is 54.1 Å². The van der Waals surface area contributed by atoms with Crippen LogP contribution >= 0.6 is 69.6 Å². The van der Waals surface area contributed by atoms with E-state index in [2.05, 4.69) is 16.0 Å². The number of rotatable bonds is 6. The lowest BCUT2D eigenvalue weighted by atomic mass is 10.1. The number of alkyl halides is 2. The lowest BCUT2D eigenvalue weighted by Crippen LogP contribution is -2.18. The lowest BCUT2D eigenvalue weighted by Gasteiger charge is -2.11. The molecule has 4 rings (SSSR count). The molecule has 0 aliphatic heterocycles. The van der Waals surface area contributed by atoms with E-state index in [0.717, 1.165) is 6.07 Å². The van der Waals surface area contributed by atoms with Crippen LogP contribution in [-0.4, -0.2) is 22.1 Å². The quantitative estimate of drug-likeness (QED) is 0.188. The van der Waals surface area contributed by atoms with Crippen molar-refractivity contribution in [3.8, 4) is 0 Å². The molecule has 3 amide bonds. The summed E-state index contributed by atoms with van der Waals surface area (Å²) in [6.07, 6.45) is 0. The molecule has 1 aliphatic carbocycles. The Morgan fingerprint density at radius 2 is 1.42 bits per heavy atom. The van der Waals surface area contributed by atoms with Gasteiger partial charge in [0.2, 0.25) is 11.8 Å². The number of benzene rings is 3. The van der Waals surface area contributed by atoms with Gasteiger partial charge in [0.25, 0.3) is 5.91 Å². The molecule has 13 heteroatoms. The Morgan fingerprint density at radius 1 is 0.816 bits per heavy atom. The van der Waals surface area contributed by atoms with Gasteiger partial charge in [-0.2, -0.15) is 0 Å². The molecule has 0 radical (unpaired) electrons. The Balaban J connectivity index is 1.50. The summed E-state index contributed by atoms with van der Waals surface area (Å²) < 4.78 is 13.0. The smallest absolute Gasteiger partial charge is 0.257 e. The van der Waals surface area contributed by atoms with Gasteiger partial charge in [-0.25, -0.2) is 4.39 Å². The molecule has 3 aromatic carbocycles. The molecule has 3 aromatic rings. The normalized spacial score (nSPS) is 17.5. The van der Waals surface area contributed by atoms with Crippen LogP contribution in [0.15, 0.2) is 48.5 Å². The minimum Gasteiger partial charge on any atom is -0.326 e. The lowest BCUT2D eigenvalue weighted by molar-refractivity contribution is -0.117. The van der Waals surface area contributed by atoms with Crippen molar-refractivity contribution < 1.29 is 18.8 Å². The minimum absolute atomic E-state index is 0.0265. The van der Waals surface area contributed by atoms with Crippen LogP contribution in [0.5, 0.6) is 0 Å². The molecule has 2 atom stereocenters. The molecule has 0 bridgehead atoms. The topological polar surface area (TPSA) is 87.3 Å². The third-order valence-corrected chi connectivity index (χ3v) is 8.18. The second kappa shape index (κ2) is 11.1. The van der Waals surface area contributed by atoms with Crippen molar-refractivity contribution in [1.82, 2.24) is 0 Å². The standard InChI is InChI=1S/C25H16Cl6FN3O3/c1-10(36)33-13-3-5-19(18(32)9-13)35-23(37)14-8-12(2-4-15(14)26)34-24(38)21-20(25(21,30)31)11-6-16(27)22(29)17(28)7-11/h2-9,20-21H,1H3,(H,33,36)(H,34,38)(H,35,37)/t20-,21+/m0/s1. The van der Waals surface area contributed by atoms with Gasteiger partial charge in [0.05, 0.1) is 37.3 Å². The van der Waals surface area contributed by atoms with Crippen molar-refractivity contribution >= 4 is 104 Å². The molecular formula is C25H16Cl6FN3O3. The van der Waals surface area contributed by atoms with Crippen molar-refractivity contribution in [1.29, 1.82) is 0 Å². The third-order valence-electron chi connectivity index (χ3n) is 5.72. The van der Waals surface area contributed by atoms with Crippen LogP contribution in [-0.2, 0) is 9.59 Å². The summed E-state index contributed by atoms with van der Waals surface area (Å²) in [5, 5.41) is 8.15. The van der Waals surface area contributed by atoms with Crippen LogP contribution in [0.4, 0.5) is 21.5 Å². The molecule has 0 unspecified atom stereocenters. The number of hydrogen-bond donors (Lipinski definition) is 3. The summed E-state index contributed by atoms with van der Waals surface area (Å²) in [5.41, 5.74) is 0.836. The van der Waals surface area contributed by atoms with E-state index >= 15 is 0 Å². The molecule has 38 heavy (non-hydrogen) atoms. The van der Waals surface area contributed by atoms with Crippen molar-refractivity contribution in [3.63, 3.8) is 0 Å². The molecule has 0 heterocycles. The molecule has 0 saturated heterocycles. The molecule has 198 valence electrons. The maximum absolute atomic E-state index is 14.4. The first-order valence-corrected chi connectivity index (χ1v) is 13.1. The fourth-order valence-corrected chi connectivity index (χ4v) is 5.55. The summed E-state index contributed by atoms with van der Waals surface area (Å²) in [5.74, 6) is -3.86. The van der Waals surface area contributed by atoms with Gasteiger partial charge in [-0.15, -0.1) is 23.2 Å². The predicted molar refractivity (Wildman–Crippen MR) is 151 cm³/mol.